The van der Waals surface area contributed by atoms with Crippen LogP contribution in [0.2, 0.25) is 0 Å². The highest BCUT2D eigenvalue weighted by Crippen LogP contribution is 2.19. The first-order valence-electron chi connectivity index (χ1n) is 35.5. The monoisotopic (exact) mass is 1090 g/mol. The van der Waals surface area contributed by atoms with Crippen molar-refractivity contribution >= 4 is 17.9 Å². The van der Waals surface area contributed by atoms with Gasteiger partial charge in [0.15, 0.2) is 6.10 Å². The molecule has 0 bridgehead atoms. The van der Waals surface area contributed by atoms with Crippen molar-refractivity contribution < 1.29 is 28.6 Å². The van der Waals surface area contributed by atoms with Gasteiger partial charge in [0.25, 0.3) is 0 Å². The number of ether oxygens (including phenoxy) is 3. The summed E-state index contributed by atoms with van der Waals surface area (Å²) in [6, 6.07) is 0. The number of hydrogen-bond donors (Lipinski definition) is 0. The predicted molar refractivity (Wildman–Crippen MR) is 335 cm³/mol. The molecule has 0 aliphatic rings. The summed E-state index contributed by atoms with van der Waals surface area (Å²) in [6.45, 7) is 6.73. The lowest BCUT2D eigenvalue weighted by Gasteiger charge is -2.18. The lowest BCUT2D eigenvalue weighted by molar-refractivity contribution is -0.167. The number of esters is 3. The van der Waals surface area contributed by atoms with Gasteiger partial charge in [-0.25, -0.2) is 0 Å². The zero-order chi connectivity index (χ0) is 55.7. The van der Waals surface area contributed by atoms with Gasteiger partial charge in [-0.05, 0) is 19.3 Å². The van der Waals surface area contributed by atoms with Crippen LogP contribution in [-0.4, -0.2) is 37.2 Å². The number of unbranched alkanes of at least 4 members (excludes halogenated alkanes) is 56. The molecule has 6 nitrogen and oxygen atoms in total. The predicted octanol–water partition coefficient (Wildman–Crippen LogP) is 24.2. The third kappa shape index (κ3) is 65.1. The minimum absolute atomic E-state index is 0.0605. The summed E-state index contributed by atoms with van der Waals surface area (Å²) in [5, 5.41) is 0. The molecule has 0 aliphatic carbocycles. The van der Waals surface area contributed by atoms with E-state index < -0.39 is 6.10 Å². The van der Waals surface area contributed by atoms with Crippen LogP contribution in [0.15, 0.2) is 0 Å². The van der Waals surface area contributed by atoms with E-state index in [1.807, 2.05) is 0 Å². The summed E-state index contributed by atoms with van der Waals surface area (Å²) >= 11 is 0. The molecule has 0 spiro atoms. The highest BCUT2D eigenvalue weighted by Gasteiger charge is 2.19. The van der Waals surface area contributed by atoms with Crippen molar-refractivity contribution in [1.29, 1.82) is 0 Å². The molecule has 0 amide bonds. The minimum Gasteiger partial charge on any atom is -0.462 e. The second-order valence-corrected chi connectivity index (χ2v) is 24.5. The molecule has 458 valence electrons. The first-order valence-corrected chi connectivity index (χ1v) is 35.5. The summed E-state index contributed by atoms with van der Waals surface area (Å²) in [5.41, 5.74) is 0. The van der Waals surface area contributed by atoms with Crippen LogP contribution in [0.4, 0.5) is 0 Å². The van der Waals surface area contributed by atoms with Gasteiger partial charge in [-0.2, -0.15) is 0 Å². The maximum atomic E-state index is 12.9. The van der Waals surface area contributed by atoms with Gasteiger partial charge in [0, 0.05) is 19.3 Å². The van der Waals surface area contributed by atoms with Crippen LogP contribution in [-0.2, 0) is 28.6 Å². The van der Waals surface area contributed by atoms with E-state index in [1.165, 1.54) is 321 Å². The molecule has 0 aromatic rings. The van der Waals surface area contributed by atoms with E-state index in [0.717, 1.165) is 57.8 Å². The van der Waals surface area contributed by atoms with E-state index in [1.54, 1.807) is 0 Å². The standard InChI is InChI=1S/C71H138O6/c1-4-7-10-13-16-19-22-25-28-29-30-31-32-33-34-35-36-37-38-39-40-41-42-43-44-47-49-52-55-58-61-64-70(73)76-67-68(77-71(74)65-62-59-56-53-50-46-27-24-21-18-15-12-9-6-3)66-75-69(72)63-60-57-54-51-48-45-26-23-20-17-14-11-8-5-2/h68H,4-67H2,1-3H3. The second-order valence-electron chi connectivity index (χ2n) is 24.5. The third-order valence-corrected chi connectivity index (χ3v) is 16.6. The quantitative estimate of drug-likeness (QED) is 0.0343. The van der Waals surface area contributed by atoms with Crippen molar-refractivity contribution in [2.45, 2.75) is 425 Å². The molecule has 0 radical (unpaired) electrons. The molecule has 0 aromatic heterocycles. The average Bonchev–Trinajstić information content (AvgIpc) is 3.43. The SMILES string of the molecule is CCCCCCCCCCCCCCCCCCCCCCCCCCCCCCCCCC(=O)OCC(COC(=O)CCCCCCCCCCCCCCCC)OC(=O)CCCCCCCCCCCCCCCC. The maximum absolute atomic E-state index is 12.9. The summed E-state index contributed by atoms with van der Waals surface area (Å²) in [6.07, 6.45) is 78.6. The lowest BCUT2D eigenvalue weighted by Crippen LogP contribution is -2.30. The minimum atomic E-state index is -0.762. The first kappa shape index (κ1) is 75.4. The van der Waals surface area contributed by atoms with Crippen molar-refractivity contribution in [3.8, 4) is 0 Å². The molecular formula is C71H138O6. The van der Waals surface area contributed by atoms with Crippen LogP contribution < -0.4 is 0 Å². The Balaban J connectivity index is 4.06. The fraction of sp³-hybridized carbons (Fsp3) is 0.958. The number of hydrogen-bond acceptors (Lipinski definition) is 6. The van der Waals surface area contributed by atoms with E-state index in [2.05, 4.69) is 20.8 Å². The van der Waals surface area contributed by atoms with Crippen LogP contribution >= 0.6 is 0 Å². The highest BCUT2D eigenvalue weighted by atomic mass is 16.6. The van der Waals surface area contributed by atoms with Crippen LogP contribution in [0, 0.1) is 0 Å². The van der Waals surface area contributed by atoms with Crippen molar-refractivity contribution in [3.63, 3.8) is 0 Å². The third-order valence-electron chi connectivity index (χ3n) is 16.6. The molecule has 0 fully saturated rings. The van der Waals surface area contributed by atoms with Gasteiger partial charge in [0.1, 0.15) is 13.2 Å². The summed E-state index contributed by atoms with van der Waals surface area (Å²) in [4.78, 5) is 38.3. The molecule has 0 saturated heterocycles. The normalized spacial score (nSPS) is 11.9. The zero-order valence-corrected chi connectivity index (χ0v) is 52.8. The maximum Gasteiger partial charge on any atom is 0.306 e. The van der Waals surface area contributed by atoms with E-state index in [4.69, 9.17) is 14.2 Å². The van der Waals surface area contributed by atoms with Crippen molar-refractivity contribution in [2.75, 3.05) is 13.2 Å². The van der Waals surface area contributed by atoms with Crippen molar-refractivity contribution in [3.05, 3.63) is 0 Å². The molecule has 6 heteroatoms. The van der Waals surface area contributed by atoms with Crippen molar-refractivity contribution in [1.82, 2.24) is 0 Å². The number of rotatable bonds is 67. The van der Waals surface area contributed by atoms with Crippen LogP contribution in [0.25, 0.3) is 0 Å². The van der Waals surface area contributed by atoms with E-state index in [0.29, 0.717) is 19.3 Å². The lowest BCUT2D eigenvalue weighted by atomic mass is 10.0. The smallest absolute Gasteiger partial charge is 0.306 e. The van der Waals surface area contributed by atoms with Gasteiger partial charge >= 0.3 is 17.9 Å². The van der Waals surface area contributed by atoms with Gasteiger partial charge in [-0.1, -0.05) is 380 Å². The Morgan fingerprint density at radius 3 is 0.519 bits per heavy atom. The number of carbonyl (C=O) groups excluding carboxylic acids is 3. The molecule has 1 unspecified atom stereocenters. The fourth-order valence-corrected chi connectivity index (χ4v) is 11.3. The van der Waals surface area contributed by atoms with Gasteiger partial charge in [0.05, 0.1) is 0 Å². The topological polar surface area (TPSA) is 78.9 Å². The zero-order valence-electron chi connectivity index (χ0n) is 52.8. The van der Waals surface area contributed by atoms with E-state index in [-0.39, 0.29) is 31.1 Å². The largest absolute Gasteiger partial charge is 0.462 e. The Kier molecular flexibility index (Phi) is 65.5. The summed E-state index contributed by atoms with van der Waals surface area (Å²) < 4.78 is 17.0. The Hall–Kier alpha value is -1.59. The molecule has 0 rings (SSSR count). The average molecular weight is 1090 g/mol. The molecule has 0 N–H and O–H groups in total. The Labute approximate surface area is 482 Å². The molecule has 0 aliphatic heterocycles. The van der Waals surface area contributed by atoms with Gasteiger partial charge in [-0.3, -0.25) is 14.4 Å². The molecule has 0 saturated carbocycles. The van der Waals surface area contributed by atoms with Crippen LogP contribution in [0.1, 0.15) is 419 Å². The highest BCUT2D eigenvalue weighted by molar-refractivity contribution is 5.71. The molecular weight excluding hydrogens is 949 g/mol. The Bertz CT molecular complexity index is 1160. The van der Waals surface area contributed by atoms with Gasteiger partial charge in [0.2, 0.25) is 0 Å². The van der Waals surface area contributed by atoms with Gasteiger partial charge in [-0.15, -0.1) is 0 Å². The van der Waals surface area contributed by atoms with Crippen LogP contribution in [0.3, 0.4) is 0 Å². The van der Waals surface area contributed by atoms with E-state index >= 15 is 0 Å². The molecule has 0 aromatic carbocycles. The molecule has 1 atom stereocenters. The second kappa shape index (κ2) is 66.9. The Morgan fingerprint density at radius 1 is 0.208 bits per heavy atom. The van der Waals surface area contributed by atoms with Crippen molar-refractivity contribution in [2.24, 2.45) is 0 Å². The summed E-state index contributed by atoms with van der Waals surface area (Å²) in [5.74, 6) is -0.823. The van der Waals surface area contributed by atoms with Gasteiger partial charge < -0.3 is 14.2 Å². The first-order chi connectivity index (χ1) is 38.0. The molecule has 77 heavy (non-hydrogen) atoms. The fourth-order valence-electron chi connectivity index (χ4n) is 11.3. The Morgan fingerprint density at radius 2 is 0.351 bits per heavy atom. The molecule has 0 heterocycles. The van der Waals surface area contributed by atoms with Crippen LogP contribution in [0.5, 0.6) is 0 Å². The van der Waals surface area contributed by atoms with E-state index in [9.17, 15) is 14.4 Å². The summed E-state index contributed by atoms with van der Waals surface area (Å²) in [7, 11) is 0. The number of carbonyl (C=O) groups is 3.